The van der Waals surface area contributed by atoms with Crippen LogP contribution in [0.2, 0.25) is 5.02 Å². The van der Waals surface area contributed by atoms with Crippen molar-refractivity contribution in [3.8, 4) is 0 Å². The van der Waals surface area contributed by atoms with Crippen LogP contribution >= 0.6 is 11.6 Å². The number of morpholine rings is 1. The Hall–Kier alpha value is -2.11. The molecule has 1 amide bonds. The van der Waals surface area contributed by atoms with Gasteiger partial charge in [0.25, 0.3) is 5.91 Å². The number of halogens is 1. The van der Waals surface area contributed by atoms with Crippen LogP contribution < -0.4 is 5.32 Å². The Bertz CT molecular complexity index is 702. The van der Waals surface area contributed by atoms with Crippen LogP contribution in [0.25, 0.3) is 0 Å². The van der Waals surface area contributed by atoms with Crippen LogP contribution in [0.1, 0.15) is 16.1 Å². The average Bonchev–Trinajstić information content (AvgIpc) is 2.62. The predicted octanol–water partition coefficient (Wildman–Crippen LogP) is 2.86. The molecule has 0 spiro atoms. The maximum Gasteiger partial charge on any atom is 0.272 e. The maximum atomic E-state index is 12.5. The molecule has 1 saturated heterocycles. The molecule has 6 heteroatoms. The van der Waals surface area contributed by atoms with Crippen LogP contribution in [0.3, 0.4) is 0 Å². The second kappa shape index (κ2) is 8.13. The van der Waals surface area contributed by atoms with Gasteiger partial charge in [-0.15, -0.1) is 0 Å². The van der Waals surface area contributed by atoms with Gasteiger partial charge in [-0.3, -0.25) is 9.78 Å². The number of aromatic nitrogens is 1. The third-order valence-corrected chi connectivity index (χ3v) is 4.14. The second-order valence-electron chi connectivity index (χ2n) is 5.64. The summed E-state index contributed by atoms with van der Waals surface area (Å²) in [6.07, 6.45) is 2.52. The Balaban J connectivity index is 1.57. The summed E-state index contributed by atoms with van der Waals surface area (Å²) in [7, 11) is 0. The third kappa shape index (κ3) is 4.46. The molecule has 0 bridgehead atoms. The lowest BCUT2D eigenvalue weighted by Crippen LogP contribution is -2.41. The molecule has 126 valence electrons. The van der Waals surface area contributed by atoms with E-state index in [0.29, 0.717) is 32.0 Å². The van der Waals surface area contributed by atoms with Gasteiger partial charge in [-0.1, -0.05) is 23.7 Å². The summed E-state index contributed by atoms with van der Waals surface area (Å²) >= 11 is 5.99. The molecule has 2 aromatic rings. The number of nitrogens with one attached hydrogen (secondary N) is 1. The molecule has 1 aliphatic rings. The van der Waals surface area contributed by atoms with Crippen molar-refractivity contribution in [3.63, 3.8) is 0 Å². The number of amides is 1. The van der Waals surface area contributed by atoms with E-state index in [4.69, 9.17) is 16.3 Å². The van der Waals surface area contributed by atoms with Gasteiger partial charge in [-0.2, -0.15) is 0 Å². The van der Waals surface area contributed by atoms with Crippen LogP contribution in [0.4, 0.5) is 5.69 Å². The van der Waals surface area contributed by atoms with Gasteiger partial charge in [0.15, 0.2) is 0 Å². The molecule has 1 N–H and O–H groups in total. The van der Waals surface area contributed by atoms with E-state index in [2.05, 4.69) is 10.3 Å². The highest BCUT2D eigenvalue weighted by atomic mass is 35.5. The molecule has 24 heavy (non-hydrogen) atoms. The Labute approximate surface area is 146 Å². The standard InChI is InChI=1S/C18H20ClN3O2/c19-15-3-1-2-14(12-15)4-6-20-16-5-7-21-17(13-16)18(23)22-8-10-24-11-9-22/h1-3,5,7,12-13H,4,6,8-11H2,(H,20,21). The van der Waals surface area contributed by atoms with Crippen LogP contribution in [0.5, 0.6) is 0 Å². The van der Waals surface area contributed by atoms with E-state index < -0.39 is 0 Å². The summed E-state index contributed by atoms with van der Waals surface area (Å²) in [6, 6.07) is 11.5. The van der Waals surface area contributed by atoms with Crippen LogP contribution in [-0.4, -0.2) is 48.6 Å². The number of nitrogens with zero attached hydrogens (tertiary/aromatic N) is 2. The Morgan fingerprint density at radius 3 is 2.88 bits per heavy atom. The van der Waals surface area contributed by atoms with Gasteiger partial charge < -0.3 is 15.0 Å². The number of benzene rings is 1. The highest BCUT2D eigenvalue weighted by Gasteiger charge is 2.19. The van der Waals surface area contributed by atoms with Crippen molar-refractivity contribution in [2.75, 3.05) is 38.2 Å². The Morgan fingerprint density at radius 2 is 2.08 bits per heavy atom. The first kappa shape index (κ1) is 16.7. The van der Waals surface area contributed by atoms with Crippen molar-refractivity contribution >= 4 is 23.2 Å². The molecule has 2 heterocycles. The maximum absolute atomic E-state index is 12.5. The molecule has 0 aliphatic carbocycles. The molecular formula is C18H20ClN3O2. The fourth-order valence-electron chi connectivity index (χ4n) is 2.63. The minimum Gasteiger partial charge on any atom is -0.385 e. The van der Waals surface area contributed by atoms with Gasteiger partial charge in [0.05, 0.1) is 13.2 Å². The van der Waals surface area contributed by atoms with Gasteiger partial charge in [0.1, 0.15) is 5.69 Å². The number of ether oxygens (including phenoxy) is 1. The lowest BCUT2D eigenvalue weighted by atomic mass is 10.1. The fourth-order valence-corrected chi connectivity index (χ4v) is 2.84. The van der Waals surface area contributed by atoms with Crippen LogP contribution in [0, 0.1) is 0 Å². The number of pyridine rings is 1. The highest BCUT2D eigenvalue weighted by molar-refractivity contribution is 6.30. The van der Waals surface area contributed by atoms with Crippen molar-refractivity contribution in [1.29, 1.82) is 0 Å². The summed E-state index contributed by atoms with van der Waals surface area (Å²) in [4.78, 5) is 18.4. The molecule has 5 nitrogen and oxygen atoms in total. The van der Waals surface area contributed by atoms with Crippen molar-refractivity contribution in [2.24, 2.45) is 0 Å². The largest absolute Gasteiger partial charge is 0.385 e. The van der Waals surface area contributed by atoms with Gasteiger partial charge >= 0.3 is 0 Å². The molecular weight excluding hydrogens is 326 g/mol. The molecule has 0 saturated carbocycles. The zero-order valence-electron chi connectivity index (χ0n) is 13.4. The third-order valence-electron chi connectivity index (χ3n) is 3.91. The molecule has 0 radical (unpaired) electrons. The minimum atomic E-state index is -0.0446. The lowest BCUT2D eigenvalue weighted by molar-refractivity contribution is 0.0299. The quantitative estimate of drug-likeness (QED) is 0.905. The van der Waals surface area contributed by atoms with Crippen molar-refractivity contribution in [3.05, 3.63) is 58.9 Å². The average molecular weight is 346 g/mol. The Kier molecular flexibility index (Phi) is 5.67. The summed E-state index contributed by atoms with van der Waals surface area (Å²) in [5.41, 5.74) is 2.53. The fraction of sp³-hybridized carbons (Fsp3) is 0.333. The minimum absolute atomic E-state index is 0.0446. The van der Waals surface area contributed by atoms with Gasteiger partial charge in [0.2, 0.25) is 0 Å². The van der Waals surface area contributed by atoms with E-state index in [1.165, 1.54) is 5.56 Å². The zero-order chi connectivity index (χ0) is 16.8. The summed E-state index contributed by atoms with van der Waals surface area (Å²) < 4.78 is 5.28. The molecule has 1 aliphatic heterocycles. The highest BCUT2D eigenvalue weighted by Crippen LogP contribution is 2.13. The topological polar surface area (TPSA) is 54.5 Å². The molecule has 1 aromatic heterocycles. The normalized spacial score (nSPS) is 14.5. The molecule has 1 fully saturated rings. The lowest BCUT2D eigenvalue weighted by Gasteiger charge is -2.26. The van der Waals surface area contributed by atoms with Crippen molar-refractivity contribution in [2.45, 2.75) is 6.42 Å². The number of rotatable bonds is 5. The summed E-state index contributed by atoms with van der Waals surface area (Å²) in [5, 5.41) is 4.08. The first-order valence-corrected chi connectivity index (χ1v) is 8.41. The smallest absolute Gasteiger partial charge is 0.272 e. The first-order chi connectivity index (χ1) is 11.7. The monoisotopic (exact) mass is 345 g/mol. The van der Waals surface area contributed by atoms with E-state index >= 15 is 0 Å². The van der Waals surface area contributed by atoms with Crippen LogP contribution in [0.15, 0.2) is 42.6 Å². The van der Waals surface area contributed by atoms with E-state index in [0.717, 1.165) is 23.7 Å². The molecule has 0 unspecified atom stereocenters. The second-order valence-corrected chi connectivity index (χ2v) is 6.08. The summed E-state index contributed by atoms with van der Waals surface area (Å²) in [6.45, 7) is 3.17. The van der Waals surface area contributed by atoms with E-state index in [1.54, 1.807) is 17.2 Å². The zero-order valence-corrected chi connectivity index (χ0v) is 14.1. The number of carbonyl (C=O) groups excluding carboxylic acids is 1. The Morgan fingerprint density at radius 1 is 1.25 bits per heavy atom. The van der Waals surface area contributed by atoms with Gasteiger partial charge in [-0.05, 0) is 36.2 Å². The number of hydrogen-bond donors (Lipinski definition) is 1. The van der Waals surface area contributed by atoms with E-state index in [1.807, 2.05) is 30.3 Å². The predicted molar refractivity (Wildman–Crippen MR) is 94.6 cm³/mol. The van der Waals surface area contributed by atoms with Gasteiger partial charge in [-0.25, -0.2) is 0 Å². The first-order valence-electron chi connectivity index (χ1n) is 8.04. The molecule has 0 atom stereocenters. The van der Waals surface area contributed by atoms with Gasteiger partial charge in [0, 0.05) is 36.5 Å². The molecule has 3 rings (SSSR count). The van der Waals surface area contributed by atoms with E-state index in [-0.39, 0.29) is 5.91 Å². The number of anilines is 1. The molecule has 1 aromatic carbocycles. The number of hydrogen-bond acceptors (Lipinski definition) is 4. The van der Waals surface area contributed by atoms with Crippen LogP contribution in [-0.2, 0) is 11.2 Å². The van der Waals surface area contributed by atoms with E-state index in [9.17, 15) is 4.79 Å². The number of carbonyl (C=O) groups is 1. The SMILES string of the molecule is O=C(c1cc(NCCc2cccc(Cl)c2)ccn1)N1CCOCC1. The summed E-state index contributed by atoms with van der Waals surface area (Å²) in [5.74, 6) is -0.0446. The van der Waals surface area contributed by atoms with Crippen molar-refractivity contribution in [1.82, 2.24) is 9.88 Å². The van der Waals surface area contributed by atoms with Crippen molar-refractivity contribution < 1.29 is 9.53 Å².